The summed E-state index contributed by atoms with van der Waals surface area (Å²) in [5.41, 5.74) is 4.07. The van der Waals surface area contributed by atoms with E-state index in [9.17, 15) is 5.11 Å². The van der Waals surface area contributed by atoms with E-state index in [4.69, 9.17) is 23.2 Å². The minimum absolute atomic E-state index is 0.274. The lowest BCUT2D eigenvalue weighted by Crippen LogP contribution is -2.27. The summed E-state index contributed by atoms with van der Waals surface area (Å²) >= 11 is 11.7. The van der Waals surface area contributed by atoms with Crippen molar-refractivity contribution in [3.63, 3.8) is 0 Å². The molecule has 0 saturated carbocycles. The summed E-state index contributed by atoms with van der Waals surface area (Å²) in [5, 5.41) is 12.8. The van der Waals surface area contributed by atoms with E-state index in [0.717, 1.165) is 35.7 Å². The molecule has 0 amide bonds. The zero-order valence-electron chi connectivity index (χ0n) is 12.5. The van der Waals surface area contributed by atoms with Crippen LogP contribution < -0.4 is 10.2 Å². The molecule has 2 aromatic rings. The van der Waals surface area contributed by atoms with Crippen molar-refractivity contribution in [1.82, 2.24) is 0 Å². The van der Waals surface area contributed by atoms with Gasteiger partial charge < -0.3 is 15.3 Å². The number of benzene rings is 2. The Kier molecular flexibility index (Phi) is 6.22. The Bertz CT molecular complexity index is 596. The number of halogens is 2. The molecular weight excluding hydrogens is 319 g/mol. The van der Waals surface area contributed by atoms with E-state index < -0.39 is 0 Å². The van der Waals surface area contributed by atoms with Gasteiger partial charge in [0.1, 0.15) is 5.75 Å². The lowest BCUT2D eigenvalue weighted by Gasteiger charge is -2.23. The topological polar surface area (TPSA) is 35.5 Å². The molecule has 22 heavy (non-hydrogen) atoms. The fourth-order valence-corrected chi connectivity index (χ4v) is 2.68. The summed E-state index contributed by atoms with van der Waals surface area (Å²) in [6.45, 7) is 3.51. The van der Waals surface area contributed by atoms with E-state index in [0.29, 0.717) is 11.8 Å². The van der Waals surface area contributed by atoms with Gasteiger partial charge in [0, 0.05) is 41.9 Å². The molecule has 0 saturated heterocycles. The third kappa shape index (κ3) is 4.46. The molecule has 0 aliphatic rings. The maximum Gasteiger partial charge on any atom is 0.115 e. The Labute approximate surface area is 141 Å². The van der Waals surface area contributed by atoms with Gasteiger partial charge in [0.25, 0.3) is 0 Å². The van der Waals surface area contributed by atoms with Crippen LogP contribution in [0.1, 0.15) is 5.56 Å². The van der Waals surface area contributed by atoms with Gasteiger partial charge in [0.05, 0.1) is 0 Å². The van der Waals surface area contributed by atoms with Crippen LogP contribution in [0.15, 0.2) is 42.5 Å². The van der Waals surface area contributed by atoms with Gasteiger partial charge in [0.15, 0.2) is 0 Å². The van der Waals surface area contributed by atoms with Crippen LogP contribution in [0, 0.1) is 6.92 Å². The van der Waals surface area contributed by atoms with Crippen LogP contribution in [0.3, 0.4) is 0 Å². The second kappa shape index (κ2) is 8.16. The lowest BCUT2D eigenvalue weighted by molar-refractivity contribution is 0.475. The number of nitrogens with zero attached hydrogens (tertiary/aromatic N) is 1. The van der Waals surface area contributed by atoms with Crippen molar-refractivity contribution < 1.29 is 5.11 Å². The Hall–Kier alpha value is -1.58. The third-order valence-corrected chi connectivity index (χ3v) is 3.77. The van der Waals surface area contributed by atoms with Crippen LogP contribution >= 0.6 is 23.2 Å². The molecule has 5 heteroatoms. The first-order valence-electron chi connectivity index (χ1n) is 7.17. The van der Waals surface area contributed by atoms with Gasteiger partial charge in [-0.2, -0.15) is 0 Å². The van der Waals surface area contributed by atoms with Crippen LogP contribution in [0.25, 0.3) is 0 Å². The number of hydrogen-bond donors (Lipinski definition) is 2. The number of rotatable bonds is 7. The highest BCUT2D eigenvalue weighted by Gasteiger charge is 2.06. The predicted octanol–water partition coefficient (Wildman–Crippen LogP) is 4.73. The molecule has 0 unspecified atom stereocenters. The van der Waals surface area contributed by atoms with Gasteiger partial charge in [-0.05, 0) is 55.0 Å². The van der Waals surface area contributed by atoms with Crippen molar-refractivity contribution in [3.05, 3.63) is 48.0 Å². The van der Waals surface area contributed by atoms with Crippen molar-refractivity contribution in [3.8, 4) is 5.75 Å². The lowest BCUT2D eigenvalue weighted by atomic mass is 10.1. The quantitative estimate of drug-likeness (QED) is 0.566. The van der Waals surface area contributed by atoms with E-state index in [-0.39, 0.29) is 5.75 Å². The Morgan fingerprint density at radius 3 is 2.18 bits per heavy atom. The largest absolute Gasteiger partial charge is 0.508 e. The molecule has 0 fully saturated rings. The van der Waals surface area contributed by atoms with Crippen LogP contribution in [-0.4, -0.2) is 30.0 Å². The number of aryl methyl sites for hydroxylation is 1. The predicted molar refractivity (Wildman–Crippen MR) is 96.2 cm³/mol. The Balaban J connectivity index is 2.10. The molecule has 0 spiro atoms. The van der Waals surface area contributed by atoms with Crippen molar-refractivity contribution >= 4 is 40.3 Å². The molecule has 0 atom stereocenters. The molecule has 0 radical (unpaired) electrons. The zero-order valence-corrected chi connectivity index (χ0v) is 14.0. The number of anilines is 3. The second-order valence-electron chi connectivity index (χ2n) is 5.04. The number of alkyl halides is 2. The monoisotopic (exact) mass is 338 g/mol. The molecule has 118 valence electrons. The van der Waals surface area contributed by atoms with Crippen LogP contribution in [0.4, 0.5) is 17.1 Å². The minimum atomic E-state index is 0.274. The normalized spacial score (nSPS) is 10.5. The van der Waals surface area contributed by atoms with Crippen molar-refractivity contribution in [2.75, 3.05) is 35.1 Å². The number of phenolic OH excluding ortho intramolecular Hbond substituents is 1. The van der Waals surface area contributed by atoms with E-state index in [2.05, 4.69) is 22.3 Å². The van der Waals surface area contributed by atoms with E-state index in [1.807, 2.05) is 25.1 Å². The molecule has 0 heterocycles. The molecule has 2 aromatic carbocycles. The molecule has 0 aliphatic carbocycles. The summed E-state index contributed by atoms with van der Waals surface area (Å²) in [6.07, 6.45) is 0. The maximum absolute atomic E-state index is 9.45. The van der Waals surface area contributed by atoms with Gasteiger partial charge >= 0.3 is 0 Å². The van der Waals surface area contributed by atoms with E-state index >= 15 is 0 Å². The van der Waals surface area contributed by atoms with Gasteiger partial charge in [-0.1, -0.05) is 0 Å². The number of aromatic hydroxyl groups is 1. The van der Waals surface area contributed by atoms with Crippen molar-refractivity contribution in [2.45, 2.75) is 6.92 Å². The molecule has 3 nitrogen and oxygen atoms in total. The molecule has 0 aliphatic heterocycles. The number of phenols is 1. The maximum atomic E-state index is 9.45. The molecule has 2 N–H and O–H groups in total. The van der Waals surface area contributed by atoms with Gasteiger partial charge in [-0.3, -0.25) is 0 Å². The Morgan fingerprint density at radius 2 is 1.64 bits per heavy atom. The smallest absolute Gasteiger partial charge is 0.115 e. The average Bonchev–Trinajstić information content (AvgIpc) is 2.51. The third-order valence-electron chi connectivity index (χ3n) is 3.43. The van der Waals surface area contributed by atoms with Gasteiger partial charge in [-0.15, -0.1) is 23.2 Å². The highest BCUT2D eigenvalue weighted by Crippen LogP contribution is 2.25. The highest BCUT2D eigenvalue weighted by atomic mass is 35.5. The standard InChI is InChI=1S/C17H20Cl2N2O/c1-13-12-16(22)6-7-17(13)20-14-2-4-15(5-3-14)21(10-8-18)11-9-19/h2-7,12,20,22H,8-11H2,1H3. The fourth-order valence-electron chi connectivity index (χ4n) is 2.27. The fraction of sp³-hybridized carbons (Fsp3) is 0.294. The first kappa shape index (κ1) is 16.8. The zero-order chi connectivity index (χ0) is 15.9. The number of hydrogen-bond acceptors (Lipinski definition) is 3. The first-order chi connectivity index (χ1) is 10.6. The van der Waals surface area contributed by atoms with E-state index in [1.165, 1.54) is 0 Å². The summed E-state index contributed by atoms with van der Waals surface area (Å²) in [7, 11) is 0. The molecule has 0 bridgehead atoms. The average molecular weight is 339 g/mol. The minimum Gasteiger partial charge on any atom is -0.508 e. The summed E-state index contributed by atoms with van der Waals surface area (Å²) in [5.74, 6) is 1.42. The van der Waals surface area contributed by atoms with Crippen molar-refractivity contribution in [2.24, 2.45) is 0 Å². The number of nitrogens with one attached hydrogen (secondary N) is 1. The summed E-state index contributed by atoms with van der Waals surface area (Å²) in [4.78, 5) is 2.16. The SMILES string of the molecule is Cc1cc(O)ccc1Nc1ccc(N(CCCl)CCCl)cc1. The summed E-state index contributed by atoms with van der Waals surface area (Å²) in [6, 6.07) is 13.4. The van der Waals surface area contributed by atoms with Gasteiger partial charge in [-0.25, -0.2) is 0 Å². The van der Waals surface area contributed by atoms with E-state index in [1.54, 1.807) is 12.1 Å². The van der Waals surface area contributed by atoms with Crippen molar-refractivity contribution in [1.29, 1.82) is 0 Å². The highest BCUT2D eigenvalue weighted by molar-refractivity contribution is 6.18. The van der Waals surface area contributed by atoms with Gasteiger partial charge in [0.2, 0.25) is 0 Å². The van der Waals surface area contributed by atoms with Crippen LogP contribution in [0.2, 0.25) is 0 Å². The summed E-state index contributed by atoms with van der Waals surface area (Å²) < 4.78 is 0. The molecule has 2 rings (SSSR count). The second-order valence-corrected chi connectivity index (χ2v) is 5.79. The molecule has 0 aromatic heterocycles. The Morgan fingerprint density at radius 1 is 1.00 bits per heavy atom. The van der Waals surface area contributed by atoms with Crippen LogP contribution in [-0.2, 0) is 0 Å². The first-order valence-corrected chi connectivity index (χ1v) is 8.24. The van der Waals surface area contributed by atoms with Crippen LogP contribution in [0.5, 0.6) is 5.75 Å². The molecular formula is C17H20Cl2N2O.